The summed E-state index contributed by atoms with van der Waals surface area (Å²) >= 11 is 1.03. The molecule has 0 aromatic carbocycles. The molecule has 3 N–H and O–H groups in total. The minimum Gasteiger partial charge on any atom is -0.481 e. The number of hydrogen-bond donors (Lipinski definition) is 3. The summed E-state index contributed by atoms with van der Waals surface area (Å²) in [5, 5.41) is 52.7. The number of carbonyl (C=O) groups excluding carboxylic acids is 2. The number of likely N-dealkylation sites (N-methyl/N-ethyl adjacent to an activating group) is 1. The summed E-state index contributed by atoms with van der Waals surface area (Å²) in [5.74, 6) is -1.94. The number of unbranched alkanes of at least 4 members (excludes halogenated alkanes) is 3. The molecule has 59 heavy (non-hydrogen) atoms. The number of azo groups is 1. The van der Waals surface area contributed by atoms with Gasteiger partial charge < -0.3 is 39.6 Å². The van der Waals surface area contributed by atoms with E-state index in [4.69, 9.17) is 18.9 Å². The van der Waals surface area contributed by atoms with Gasteiger partial charge in [-0.1, -0.05) is 31.9 Å². The number of ether oxygens (including phenoxy) is 4. The van der Waals surface area contributed by atoms with Crippen LogP contribution in [0.5, 0.6) is 0 Å². The predicted molar refractivity (Wildman–Crippen MR) is 223 cm³/mol. The molecule has 17 nitrogen and oxygen atoms in total. The third kappa shape index (κ3) is 18.0. The Balaban J connectivity index is 1.68. The third-order valence-corrected chi connectivity index (χ3v) is 9.90. The van der Waals surface area contributed by atoms with E-state index in [9.17, 15) is 35.3 Å². The lowest BCUT2D eigenvalue weighted by molar-refractivity contribution is -0.143. The molecule has 2 rings (SSSR count). The maximum absolute atomic E-state index is 12.2. The summed E-state index contributed by atoms with van der Waals surface area (Å²) in [6.07, 6.45) is 9.03. The molecule has 0 aliphatic heterocycles. The van der Waals surface area contributed by atoms with E-state index in [-0.39, 0.29) is 40.0 Å². The van der Waals surface area contributed by atoms with Gasteiger partial charge in [-0.3, -0.25) is 14.4 Å². The first-order valence-corrected chi connectivity index (χ1v) is 20.6. The van der Waals surface area contributed by atoms with E-state index in [1.807, 2.05) is 30.0 Å². The van der Waals surface area contributed by atoms with Crippen molar-refractivity contribution in [3.8, 4) is 18.2 Å². The van der Waals surface area contributed by atoms with Gasteiger partial charge in [0.1, 0.15) is 34.6 Å². The Morgan fingerprint density at radius 3 is 2.08 bits per heavy atom. The number of thiophene rings is 1. The molecule has 320 valence electrons. The Kier molecular flexibility index (Phi) is 24.5. The van der Waals surface area contributed by atoms with Gasteiger partial charge in [-0.25, -0.2) is 4.98 Å². The smallest absolute Gasteiger partial charge is 0.307 e. The van der Waals surface area contributed by atoms with Crippen LogP contribution in [0.1, 0.15) is 92.8 Å². The number of rotatable bonds is 30. The van der Waals surface area contributed by atoms with Crippen molar-refractivity contribution in [2.45, 2.75) is 79.6 Å². The quantitative estimate of drug-likeness (QED) is 0.0419. The van der Waals surface area contributed by atoms with Crippen molar-refractivity contribution in [3.63, 3.8) is 0 Å². The van der Waals surface area contributed by atoms with Gasteiger partial charge in [0.05, 0.1) is 63.3 Å². The van der Waals surface area contributed by atoms with Gasteiger partial charge in [0.15, 0.2) is 10.8 Å². The minimum absolute atomic E-state index is 0.0532. The van der Waals surface area contributed by atoms with E-state index in [1.54, 1.807) is 13.8 Å². The second-order valence-electron chi connectivity index (χ2n) is 13.3. The van der Waals surface area contributed by atoms with Crippen LogP contribution in [-0.2, 0) is 33.3 Å². The van der Waals surface area contributed by atoms with Gasteiger partial charge in [-0.2, -0.15) is 15.8 Å². The van der Waals surface area contributed by atoms with Crippen LogP contribution in [-0.4, -0.2) is 100 Å². The molecule has 2 aromatic rings. The monoisotopic (exact) mass is 835 g/mol. The molecule has 1 unspecified atom stereocenters. The van der Waals surface area contributed by atoms with Gasteiger partial charge in [-0.05, 0) is 52.0 Å². The first-order chi connectivity index (χ1) is 28.5. The van der Waals surface area contributed by atoms with Crippen LogP contribution < -0.4 is 15.5 Å². The molecular weight excluding hydrogens is 779 g/mol. The Morgan fingerprint density at radius 1 is 0.864 bits per heavy atom. The normalized spacial score (nSPS) is 11.6. The number of carboxylic acid groups (broad SMARTS) is 1. The molecule has 0 aliphatic carbocycles. The fraction of sp³-hybridized carbons (Fsp3) is 0.585. The fourth-order valence-electron chi connectivity index (χ4n) is 5.53. The lowest BCUT2D eigenvalue weighted by atomic mass is 10.0. The molecule has 0 saturated carbocycles. The van der Waals surface area contributed by atoms with E-state index in [0.29, 0.717) is 107 Å². The Labute approximate surface area is 351 Å². The number of nitriles is 3. The summed E-state index contributed by atoms with van der Waals surface area (Å²) in [4.78, 5) is 42.6. The average Bonchev–Trinajstić information content (AvgIpc) is 3.52. The number of aromatic nitrogens is 1. The molecule has 2 aromatic heterocycles. The van der Waals surface area contributed by atoms with Gasteiger partial charge in [-0.15, -0.1) is 21.6 Å². The number of amides is 2. The van der Waals surface area contributed by atoms with Gasteiger partial charge in [0.25, 0.3) is 0 Å². The van der Waals surface area contributed by atoms with Crippen molar-refractivity contribution in [2.75, 3.05) is 82.7 Å². The highest BCUT2D eigenvalue weighted by Gasteiger charge is 2.23. The molecule has 0 spiro atoms. The molecular formula is C41H57N9O8S. The fourth-order valence-corrected chi connectivity index (χ4v) is 6.41. The topological polar surface area (TPSA) is 245 Å². The number of carbonyl (C=O) groups is 3. The molecule has 2 heterocycles. The third-order valence-electron chi connectivity index (χ3n) is 8.82. The number of carboxylic acids is 1. The molecule has 0 fully saturated rings. The molecule has 0 saturated heterocycles. The van der Waals surface area contributed by atoms with Crippen molar-refractivity contribution in [3.05, 3.63) is 39.3 Å². The highest BCUT2D eigenvalue weighted by Crippen LogP contribution is 2.39. The van der Waals surface area contributed by atoms with Crippen LogP contribution in [0.2, 0.25) is 0 Å². The summed E-state index contributed by atoms with van der Waals surface area (Å²) in [6, 6.07) is 6.29. The zero-order chi connectivity index (χ0) is 43.4. The molecule has 0 aliphatic rings. The molecule has 2 amide bonds. The minimum atomic E-state index is -0.969. The zero-order valence-corrected chi connectivity index (χ0v) is 35.6. The number of aliphatic carboxylic acids is 1. The molecule has 0 bridgehead atoms. The first-order valence-electron chi connectivity index (χ1n) is 19.8. The Morgan fingerprint density at radius 2 is 1.51 bits per heavy atom. The van der Waals surface area contributed by atoms with Crippen molar-refractivity contribution in [1.82, 2.24) is 10.3 Å². The number of nitrogens with one attached hydrogen (secondary N) is 2. The maximum atomic E-state index is 12.2. The summed E-state index contributed by atoms with van der Waals surface area (Å²) < 4.78 is 22.4. The van der Waals surface area contributed by atoms with Crippen molar-refractivity contribution < 1.29 is 38.4 Å². The summed E-state index contributed by atoms with van der Waals surface area (Å²) in [5.41, 5.74) is 1.58. The highest BCUT2D eigenvalue weighted by atomic mass is 32.1. The summed E-state index contributed by atoms with van der Waals surface area (Å²) in [6.45, 7) is 12.9. The van der Waals surface area contributed by atoms with Crippen LogP contribution in [0.25, 0.3) is 0 Å². The van der Waals surface area contributed by atoms with E-state index in [0.717, 1.165) is 37.0 Å². The second kappa shape index (κ2) is 29.0. The van der Waals surface area contributed by atoms with Crippen molar-refractivity contribution >= 4 is 51.4 Å². The second-order valence-corrected chi connectivity index (χ2v) is 14.3. The molecule has 0 radical (unpaired) electrons. The maximum Gasteiger partial charge on any atom is 0.307 e. The number of anilines is 2. The highest BCUT2D eigenvalue weighted by molar-refractivity contribution is 7.16. The zero-order valence-electron chi connectivity index (χ0n) is 34.8. The number of pyridine rings is 1. The number of nitrogens with zero attached hydrogens (tertiary/aromatic N) is 7. The number of allylic oxidation sites excluding steroid dienone is 2. The van der Waals surface area contributed by atoms with Crippen LogP contribution in [0, 0.1) is 53.8 Å². The Bertz CT molecular complexity index is 1850. The van der Waals surface area contributed by atoms with Gasteiger partial charge >= 0.3 is 5.97 Å². The van der Waals surface area contributed by atoms with Crippen LogP contribution in [0.4, 0.5) is 22.3 Å². The van der Waals surface area contributed by atoms with E-state index < -0.39 is 17.8 Å². The first kappa shape index (κ1) is 49.9. The van der Waals surface area contributed by atoms with Crippen LogP contribution in [0.3, 0.4) is 0 Å². The SMILES string of the molecule is CCCCC/C=C/CC(CC(=O)NCCCOCCOCCOCCOCCN(CC)c1nc(NC(C)=O)c(N=Nc2sc(C#N)c(C)c2C#N)c(C)c1C#N)C(=O)O. The summed E-state index contributed by atoms with van der Waals surface area (Å²) in [7, 11) is 0. The molecule has 18 heteroatoms. The van der Waals surface area contributed by atoms with Crippen LogP contribution >= 0.6 is 11.3 Å². The van der Waals surface area contributed by atoms with Gasteiger partial charge in [0, 0.05) is 45.1 Å². The van der Waals surface area contributed by atoms with E-state index in [1.165, 1.54) is 6.92 Å². The standard InChI is InChI=1S/C41H57N9O8S/c1-6-8-9-10-11-12-14-32(41(53)54)25-36(52)45-15-13-17-55-19-21-57-23-24-58-22-20-56-18-16-50(7-2)39-33(26-42)30(4)37(38(47-39)46-31(5)51)48-49-40-34(27-43)29(3)35(28-44)59-40/h11-12,32H,6-10,13-25H2,1-5H3,(H,45,52)(H,53,54)(H,46,47,51)/b12-11+,49-48?. The average molecular weight is 836 g/mol. The Hall–Kier alpha value is -5.29. The lowest BCUT2D eigenvalue weighted by Crippen LogP contribution is -2.30. The van der Waals surface area contributed by atoms with E-state index in [2.05, 4.69) is 44.9 Å². The largest absolute Gasteiger partial charge is 0.481 e. The van der Waals surface area contributed by atoms with Crippen molar-refractivity contribution in [2.24, 2.45) is 16.1 Å². The molecule has 1 atom stereocenters. The van der Waals surface area contributed by atoms with Crippen LogP contribution in [0.15, 0.2) is 22.4 Å². The lowest BCUT2D eigenvalue weighted by Gasteiger charge is -2.25. The van der Waals surface area contributed by atoms with Crippen molar-refractivity contribution in [1.29, 1.82) is 15.8 Å². The number of hydrogen-bond acceptors (Lipinski definition) is 15. The van der Waals surface area contributed by atoms with E-state index >= 15 is 0 Å². The predicted octanol–water partition coefficient (Wildman–Crippen LogP) is 6.77. The van der Waals surface area contributed by atoms with Gasteiger partial charge in [0.2, 0.25) is 11.8 Å².